The van der Waals surface area contributed by atoms with E-state index < -0.39 is 0 Å². The second-order valence-electron chi connectivity index (χ2n) is 5.37. The Kier molecular flexibility index (Phi) is 3.59. The van der Waals surface area contributed by atoms with Crippen molar-refractivity contribution in [1.82, 2.24) is 15.0 Å². The highest BCUT2D eigenvalue weighted by Gasteiger charge is 2.17. The average molecular weight is 310 g/mol. The van der Waals surface area contributed by atoms with E-state index in [0.717, 1.165) is 29.7 Å². The first-order valence-electron chi connectivity index (χ1n) is 7.50. The molecule has 0 radical (unpaired) electrons. The average Bonchev–Trinajstić information content (AvgIpc) is 2.62. The van der Waals surface area contributed by atoms with Crippen LogP contribution in [0.5, 0.6) is 0 Å². The highest BCUT2D eigenvalue weighted by atomic mass is 19.1. The fraction of sp³-hybridized carbons (Fsp3) is 0.235. The van der Waals surface area contributed by atoms with Crippen molar-refractivity contribution < 1.29 is 9.13 Å². The van der Waals surface area contributed by atoms with Crippen LogP contribution < -0.4 is 4.90 Å². The summed E-state index contributed by atoms with van der Waals surface area (Å²) in [6.07, 6.45) is 6.24. The molecule has 1 aliphatic heterocycles. The van der Waals surface area contributed by atoms with Crippen LogP contribution in [0.1, 0.15) is 0 Å². The monoisotopic (exact) mass is 310 g/mol. The van der Waals surface area contributed by atoms with E-state index in [-0.39, 0.29) is 5.82 Å². The third kappa shape index (κ3) is 2.61. The lowest BCUT2D eigenvalue weighted by atomic mass is 10.1. The largest absolute Gasteiger partial charge is 0.378 e. The lowest BCUT2D eigenvalue weighted by Gasteiger charge is -2.30. The number of morpholine rings is 1. The molecular formula is C17H15FN4O. The predicted molar refractivity (Wildman–Crippen MR) is 85.8 cm³/mol. The number of nitrogens with zero attached hydrogens (tertiary/aromatic N) is 4. The van der Waals surface area contributed by atoms with Crippen LogP contribution >= 0.6 is 0 Å². The standard InChI is InChI=1S/C17H15FN4O/c18-14-10-19-3-1-12(14)15-9-17(22-5-7-23-8-6-22)13-2-4-20-11-16(13)21-15/h1-4,9-11H,5-8H2. The summed E-state index contributed by atoms with van der Waals surface area (Å²) in [5, 5.41) is 1.01. The third-order valence-electron chi connectivity index (χ3n) is 3.99. The van der Waals surface area contributed by atoms with Gasteiger partial charge in [-0.2, -0.15) is 0 Å². The Labute approximate surface area is 132 Å². The summed E-state index contributed by atoms with van der Waals surface area (Å²) in [6, 6.07) is 5.52. The van der Waals surface area contributed by atoms with Gasteiger partial charge < -0.3 is 9.64 Å². The number of hydrogen-bond acceptors (Lipinski definition) is 5. The van der Waals surface area contributed by atoms with Crippen molar-refractivity contribution in [1.29, 1.82) is 0 Å². The van der Waals surface area contributed by atoms with Crippen molar-refractivity contribution in [3.05, 3.63) is 48.8 Å². The summed E-state index contributed by atoms with van der Waals surface area (Å²) < 4.78 is 19.5. The molecule has 1 aliphatic rings. The lowest BCUT2D eigenvalue weighted by molar-refractivity contribution is 0.123. The summed E-state index contributed by atoms with van der Waals surface area (Å²) in [5.74, 6) is -0.379. The first-order chi connectivity index (χ1) is 11.3. The predicted octanol–water partition coefficient (Wildman–Crippen LogP) is 2.67. The Bertz CT molecular complexity index is 849. The van der Waals surface area contributed by atoms with Gasteiger partial charge in [-0.25, -0.2) is 9.37 Å². The quantitative estimate of drug-likeness (QED) is 0.728. The van der Waals surface area contributed by atoms with Crippen molar-refractivity contribution in [3.63, 3.8) is 0 Å². The normalized spacial score (nSPS) is 15.1. The Morgan fingerprint density at radius 1 is 1.04 bits per heavy atom. The maximum Gasteiger partial charge on any atom is 0.150 e. The molecule has 4 heterocycles. The Hall–Kier alpha value is -2.60. The van der Waals surface area contributed by atoms with Crippen molar-refractivity contribution in [2.75, 3.05) is 31.2 Å². The van der Waals surface area contributed by atoms with Gasteiger partial charge in [0.15, 0.2) is 5.82 Å². The number of hydrogen-bond donors (Lipinski definition) is 0. The fourth-order valence-electron chi connectivity index (χ4n) is 2.85. The molecule has 4 rings (SSSR count). The molecule has 5 nitrogen and oxygen atoms in total. The highest BCUT2D eigenvalue weighted by molar-refractivity contribution is 5.93. The second kappa shape index (κ2) is 5.89. The van der Waals surface area contributed by atoms with Crippen LogP contribution in [0.3, 0.4) is 0 Å². The number of fused-ring (bicyclic) bond motifs is 1. The van der Waals surface area contributed by atoms with Gasteiger partial charge in [-0.3, -0.25) is 9.97 Å². The van der Waals surface area contributed by atoms with E-state index in [2.05, 4.69) is 19.9 Å². The number of anilines is 1. The number of halogens is 1. The van der Waals surface area contributed by atoms with Gasteiger partial charge in [0.05, 0.1) is 36.8 Å². The van der Waals surface area contributed by atoms with Crippen molar-refractivity contribution in [2.24, 2.45) is 0 Å². The van der Waals surface area contributed by atoms with E-state index >= 15 is 0 Å². The molecule has 0 atom stereocenters. The topological polar surface area (TPSA) is 51.1 Å². The van der Waals surface area contributed by atoms with E-state index in [0.29, 0.717) is 24.5 Å². The van der Waals surface area contributed by atoms with Crippen LogP contribution in [0.2, 0.25) is 0 Å². The first kappa shape index (κ1) is 14.0. The number of aromatic nitrogens is 3. The van der Waals surface area contributed by atoms with Gasteiger partial charge in [0, 0.05) is 42.1 Å². The number of pyridine rings is 3. The minimum absolute atomic E-state index is 0.379. The van der Waals surface area contributed by atoms with Gasteiger partial charge in [0.2, 0.25) is 0 Å². The summed E-state index contributed by atoms with van der Waals surface area (Å²) >= 11 is 0. The number of rotatable bonds is 2. The fourth-order valence-corrected chi connectivity index (χ4v) is 2.85. The summed E-state index contributed by atoms with van der Waals surface area (Å²) in [4.78, 5) is 14.8. The van der Waals surface area contributed by atoms with Crippen LogP contribution in [0.25, 0.3) is 22.2 Å². The zero-order valence-corrected chi connectivity index (χ0v) is 12.4. The molecule has 23 heavy (non-hydrogen) atoms. The summed E-state index contributed by atoms with van der Waals surface area (Å²) in [5.41, 5.74) is 2.82. The molecule has 1 fully saturated rings. The molecule has 6 heteroatoms. The van der Waals surface area contributed by atoms with E-state index in [4.69, 9.17) is 4.74 Å². The Morgan fingerprint density at radius 3 is 2.65 bits per heavy atom. The maximum atomic E-state index is 14.1. The van der Waals surface area contributed by atoms with E-state index in [9.17, 15) is 4.39 Å². The summed E-state index contributed by atoms with van der Waals surface area (Å²) in [6.45, 7) is 2.99. The molecule has 3 aromatic heterocycles. The molecular weight excluding hydrogens is 295 g/mol. The third-order valence-corrected chi connectivity index (χ3v) is 3.99. The zero-order valence-electron chi connectivity index (χ0n) is 12.4. The molecule has 0 aromatic carbocycles. The van der Waals surface area contributed by atoms with Gasteiger partial charge in [0.1, 0.15) is 0 Å². The van der Waals surface area contributed by atoms with Crippen LogP contribution in [0, 0.1) is 5.82 Å². The van der Waals surface area contributed by atoms with E-state index in [1.54, 1.807) is 24.7 Å². The Morgan fingerprint density at radius 2 is 1.83 bits per heavy atom. The van der Waals surface area contributed by atoms with Gasteiger partial charge in [-0.15, -0.1) is 0 Å². The van der Waals surface area contributed by atoms with Gasteiger partial charge in [-0.1, -0.05) is 0 Å². The molecule has 116 valence electrons. The molecule has 0 aliphatic carbocycles. The second-order valence-corrected chi connectivity index (χ2v) is 5.37. The van der Waals surface area contributed by atoms with Crippen LogP contribution in [-0.2, 0) is 4.74 Å². The van der Waals surface area contributed by atoms with Crippen LogP contribution in [0.4, 0.5) is 10.1 Å². The van der Waals surface area contributed by atoms with Gasteiger partial charge in [-0.05, 0) is 18.2 Å². The number of ether oxygens (including phenoxy) is 1. The molecule has 1 saturated heterocycles. The zero-order chi connectivity index (χ0) is 15.6. The first-order valence-corrected chi connectivity index (χ1v) is 7.50. The molecule has 0 saturated carbocycles. The highest BCUT2D eigenvalue weighted by Crippen LogP contribution is 2.31. The molecule has 0 N–H and O–H groups in total. The SMILES string of the molecule is Fc1cnccc1-c1cc(N2CCOCC2)c2ccncc2n1. The molecule has 0 bridgehead atoms. The van der Waals surface area contributed by atoms with Crippen molar-refractivity contribution >= 4 is 16.6 Å². The van der Waals surface area contributed by atoms with Crippen LogP contribution in [0.15, 0.2) is 43.0 Å². The van der Waals surface area contributed by atoms with Gasteiger partial charge in [0.25, 0.3) is 0 Å². The molecule has 3 aromatic rings. The van der Waals surface area contributed by atoms with Crippen molar-refractivity contribution in [2.45, 2.75) is 0 Å². The Balaban J connectivity index is 1.91. The molecule has 0 spiro atoms. The van der Waals surface area contributed by atoms with Crippen LogP contribution in [-0.4, -0.2) is 41.3 Å². The van der Waals surface area contributed by atoms with Crippen molar-refractivity contribution in [3.8, 4) is 11.3 Å². The van der Waals surface area contributed by atoms with Gasteiger partial charge >= 0.3 is 0 Å². The molecule has 0 amide bonds. The minimum atomic E-state index is -0.379. The smallest absolute Gasteiger partial charge is 0.150 e. The van der Waals surface area contributed by atoms with E-state index in [1.165, 1.54) is 6.20 Å². The minimum Gasteiger partial charge on any atom is -0.378 e. The lowest BCUT2D eigenvalue weighted by Crippen LogP contribution is -2.36. The summed E-state index contributed by atoms with van der Waals surface area (Å²) in [7, 11) is 0. The molecule has 0 unspecified atom stereocenters. The van der Waals surface area contributed by atoms with E-state index in [1.807, 2.05) is 12.1 Å². The maximum absolute atomic E-state index is 14.1.